The van der Waals surface area contributed by atoms with Gasteiger partial charge in [-0.15, -0.1) is 0 Å². The van der Waals surface area contributed by atoms with Gasteiger partial charge >= 0.3 is 0 Å². The lowest BCUT2D eigenvalue weighted by Gasteiger charge is -2.11. The summed E-state index contributed by atoms with van der Waals surface area (Å²) < 4.78 is 5.59. The van der Waals surface area contributed by atoms with Crippen LogP contribution in [0.2, 0.25) is 0 Å². The molecule has 0 saturated carbocycles. The van der Waals surface area contributed by atoms with Crippen LogP contribution in [-0.4, -0.2) is 17.6 Å². The number of benzene rings is 2. The topological polar surface area (TPSA) is 50.4 Å². The second-order valence-electron chi connectivity index (χ2n) is 5.50. The van der Waals surface area contributed by atoms with Crippen LogP contribution in [0.15, 0.2) is 54.6 Å². The summed E-state index contributed by atoms with van der Waals surface area (Å²) in [7, 11) is 0. The molecule has 0 spiro atoms. The van der Waals surface area contributed by atoms with E-state index in [1.165, 1.54) is 0 Å². The minimum Gasteiger partial charge on any atom is -0.493 e. The second-order valence-corrected chi connectivity index (χ2v) is 5.91. The Bertz CT molecular complexity index is 654. The van der Waals surface area contributed by atoms with Crippen molar-refractivity contribution < 1.29 is 9.53 Å². The SMILES string of the molecule is CC(C)COc1ccc(C(=O)NC(=S)Nc2ccccc2)cc1. The molecule has 23 heavy (non-hydrogen) atoms. The van der Waals surface area contributed by atoms with Crippen LogP contribution in [0.1, 0.15) is 24.2 Å². The summed E-state index contributed by atoms with van der Waals surface area (Å²) in [6, 6.07) is 16.4. The maximum atomic E-state index is 12.1. The number of para-hydroxylation sites is 1. The molecule has 0 bridgehead atoms. The van der Waals surface area contributed by atoms with E-state index in [-0.39, 0.29) is 11.0 Å². The third-order valence-electron chi connectivity index (χ3n) is 2.96. The standard InChI is InChI=1S/C18H20N2O2S/c1-13(2)12-22-16-10-8-14(9-11-16)17(21)20-18(23)19-15-6-4-3-5-7-15/h3-11,13H,12H2,1-2H3,(H2,19,20,21,23). The van der Waals surface area contributed by atoms with Gasteiger partial charge < -0.3 is 10.1 Å². The predicted molar refractivity (Wildman–Crippen MR) is 96.9 cm³/mol. The van der Waals surface area contributed by atoms with Crippen molar-refractivity contribution in [2.45, 2.75) is 13.8 Å². The molecule has 5 heteroatoms. The Kier molecular flexibility index (Phi) is 6.11. The number of hydrogen-bond acceptors (Lipinski definition) is 3. The highest BCUT2D eigenvalue weighted by molar-refractivity contribution is 7.80. The fraction of sp³-hybridized carbons (Fsp3) is 0.222. The summed E-state index contributed by atoms with van der Waals surface area (Å²) in [4.78, 5) is 12.1. The van der Waals surface area contributed by atoms with E-state index in [2.05, 4.69) is 24.5 Å². The number of hydrogen-bond donors (Lipinski definition) is 2. The van der Waals surface area contributed by atoms with Crippen LogP contribution in [0.25, 0.3) is 0 Å². The van der Waals surface area contributed by atoms with Gasteiger partial charge in [0.15, 0.2) is 5.11 Å². The van der Waals surface area contributed by atoms with Crippen molar-refractivity contribution in [3.8, 4) is 5.75 Å². The number of amides is 1. The van der Waals surface area contributed by atoms with Crippen LogP contribution < -0.4 is 15.4 Å². The molecule has 120 valence electrons. The molecule has 4 nitrogen and oxygen atoms in total. The Morgan fingerprint density at radius 3 is 2.35 bits per heavy atom. The Labute approximate surface area is 141 Å². The number of nitrogens with one attached hydrogen (secondary N) is 2. The van der Waals surface area contributed by atoms with Gasteiger partial charge in [-0.25, -0.2) is 0 Å². The molecule has 0 saturated heterocycles. The minimum absolute atomic E-state index is 0.256. The van der Waals surface area contributed by atoms with E-state index in [4.69, 9.17) is 17.0 Å². The minimum atomic E-state index is -0.256. The molecule has 2 rings (SSSR count). The van der Waals surface area contributed by atoms with Gasteiger partial charge in [0.05, 0.1) is 6.61 Å². The third-order valence-corrected chi connectivity index (χ3v) is 3.16. The molecule has 2 aromatic carbocycles. The van der Waals surface area contributed by atoms with Crippen molar-refractivity contribution in [2.24, 2.45) is 5.92 Å². The largest absolute Gasteiger partial charge is 0.493 e. The molecular weight excluding hydrogens is 308 g/mol. The first kappa shape index (κ1) is 17.0. The van der Waals surface area contributed by atoms with E-state index in [1.54, 1.807) is 24.3 Å². The van der Waals surface area contributed by atoms with Crippen molar-refractivity contribution in [3.05, 3.63) is 60.2 Å². The quantitative estimate of drug-likeness (QED) is 0.819. The number of thiocarbonyl (C=S) groups is 1. The van der Waals surface area contributed by atoms with Crippen LogP contribution in [0.4, 0.5) is 5.69 Å². The summed E-state index contributed by atoms with van der Waals surface area (Å²) in [6.07, 6.45) is 0. The van der Waals surface area contributed by atoms with Crippen molar-refractivity contribution in [1.82, 2.24) is 5.32 Å². The van der Waals surface area contributed by atoms with Gasteiger partial charge in [0.1, 0.15) is 5.75 Å². The number of carbonyl (C=O) groups is 1. The fourth-order valence-electron chi connectivity index (χ4n) is 1.82. The van der Waals surface area contributed by atoms with Crippen molar-refractivity contribution in [3.63, 3.8) is 0 Å². The molecule has 0 atom stereocenters. The molecule has 0 aliphatic carbocycles. The first-order chi connectivity index (χ1) is 11.0. The summed E-state index contributed by atoms with van der Waals surface area (Å²) in [5.41, 5.74) is 1.36. The summed E-state index contributed by atoms with van der Waals surface area (Å²) >= 11 is 5.14. The zero-order valence-corrected chi connectivity index (χ0v) is 14.0. The molecule has 2 aromatic rings. The molecule has 0 aliphatic heterocycles. The van der Waals surface area contributed by atoms with Gasteiger partial charge in [0.2, 0.25) is 0 Å². The van der Waals surface area contributed by atoms with Gasteiger partial charge in [-0.05, 0) is 54.5 Å². The zero-order chi connectivity index (χ0) is 16.7. The van der Waals surface area contributed by atoms with Gasteiger partial charge in [-0.1, -0.05) is 32.0 Å². The maximum absolute atomic E-state index is 12.1. The van der Waals surface area contributed by atoms with E-state index >= 15 is 0 Å². The average molecular weight is 328 g/mol. The van der Waals surface area contributed by atoms with Crippen LogP contribution >= 0.6 is 12.2 Å². The van der Waals surface area contributed by atoms with E-state index in [1.807, 2.05) is 30.3 Å². The smallest absolute Gasteiger partial charge is 0.257 e. The van der Waals surface area contributed by atoms with E-state index < -0.39 is 0 Å². The molecular formula is C18H20N2O2S. The normalized spacial score (nSPS) is 10.2. The highest BCUT2D eigenvalue weighted by Crippen LogP contribution is 2.13. The predicted octanol–water partition coefficient (Wildman–Crippen LogP) is 3.85. The van der Waals surface area contributed by atoms with Crippen LogP contribution in [0.3, 0.4) is 0 Å². The zero-order valence-electron chi connectivity index (χ0n) is 13.2. The number of carbonyl (C=O) groups excluding carboxylic acids is 1. The lowest BCUT2D eigenvalue weighted by molar-refractivity contribution is 0.0977. The maximum Gasteiger partial charge on any atom is 0.257 e. The van der Waals surface area contributed by atoms with Gasteiger partial charge in [0.25, 0.3) is 5.91 Å². The number of rotatable bonds is 5. The van der Waals surface area contributed by atoms with Crippen LogP contribution in [0, 0.1) is 5.92 Å². The summed E-state index contributed by atoms with van der Waals surface area (Å²) in [5.74, 6) is 0.952. The Morgan fingerprint density at radius 1 is 1.09 bits per heavy atom. The van der Waals surface area contributed by atoms with Crippen molar-refractivity contribution >= 4 is 28.9 Å². The Morgan fingerprint density at radius 2 is 1.74 bits per heavy atom. The highest BCUT2D eigenvalue weighted by atomic mass is 32.1. The van der Waals surface area contributed by atoms with E-state index in [0.29, 0.717) is 18.1 Å². The Hall–Kier alpha value is -2.40. The molecule has 0 unspecified atom stereocenters. The molecule has 1 amide bonds. The first-order valence-electron chi connectivity index (χ1n) is 7.45. The molecule has 2 N–H and O–H groups in total. The summed E-state index contributed by atoms with van der Waals surface area (Å²) in [5, 5.41) is 5.88. The van der Waals surface area contributed by atoms with Crippen molar-refractivity contribution in [2.75, 3.05) is 11.9 Å². The third kappa shape index (κ3) is 5.71. The lowest BCUT2D eigenvalue weighted by Crippen LogP contribution is -2.34. The monoisotopic (exact) mass is 328 g/mol. The molecule has 0 fully saturated rings. The van der Waals surface area contributed by atoms with E-state index in [9.17, 15) is 4.79 Å². The second kappa shape index (κ2) is 8.29. The van der Waals surface area contributed by atoms with Crippen LogP contribution in [0.5, 0.6) is 5.75 Å². The molecule has 0 radical (unpaired) electrons. The average Bonchev–Trinajstić information content (AvgIpc) is 2.54. The van der Waals surface area contributed by atoms with E-state index in [0.717, 1.165) is 11.4 Å². The lowest BCUT2D eigenvalue weighted by atomic mass is 10.2. The molecule has 0 aliphatic rings. The highest BCUT2D eigenvalue weighted by Gasteiger charge is 2.08. The van der Waals surface area contributed by atoms with Gasteiger partial charge in [-0.3, -0.25) is 10.1 Å². The van der Waals surface area contributed by atoms with Crippen LogP contribution in [-0.2, 0) is 0 Å². The summed E-state index contributed by atoms with van der Waals surface area (Å²) in [6.45, 7) is 4.82. The Balaban J connectivity index is 1.88. The van der Waals surface area contributed by atoms with Gasteiger partial charge in [-0.2, -0.15) is 0 Å². The fourth-order valence-corrected chi connectivity index (χ4v) is 2.04. The number of ether oxygens (including phenoxy) is 1. The van der Waals surface area contributed by atoms with Crippen molar-refractivity contribution in [1.29, 1.82) is 0 Å². The molecule has 0 aromatic heterocycles. The number of anilines is 1. The van der Waals surface area contributed by atoms with Gasteiger partial charge in [0, 0.05) is 11.3 Å². The molecule has 0 heterocycles. The first-order valence-corrected chi connectivity index (χ1v) is 7.85.